The largest absolute Gasteiger partial charge is 0.333 e. The average molecular weight is 442 g/mol. The summed E-state index contributed by atoms with van der Waals surface area (Å²) in [6, 6.07) is 13.0. The second-order valence-electron chi connectivity index (χ2n) is 5.55. The Balaban J connectivity index is 2.21. The van der Waals surface area contributed by atoms with Crippen molar-refractivity contribution in [3.05, 3.63) is 63.1 Å². The standard InChI is InChI=1S/C17H14BrClN2O3S/c1-10-6-14(19)8-15-12(9-24-25(20,22)23)7-16(21-17(10)15)11-2-4-13(18)5-3-11/h2-8H,9H2,1H3,(H2,20,22,23). The minimum absolute atomic E-state index is 0.193. The molecule has 0 radical (unpaired) electrons. The van der Waals surface area contributed by atoms with Crippen molar-refractivity contribution in [2.24, 2.45) is 5.14 Å². The van der Waals surface area contributed by atoms with E-state index in [1.165, 1.54) is 0 Å². The van der Waals surface area contributed by atoms with Crippen LogP contribution in [0.4, 0.5) is 0 Å². The van der Waals surface area contributed by atoms with Crippen LogP contribution in [0.3, 0.4) is 0 Å². The first kappa shape index (κ1) is 18.3. The molecule has 2 N–H and O–H groups in total. The Morgan fingerprint density at radius 2 is 1.88 bits per heavy atom. The lowest BCUT2D eigenvalue weighted by molar-refractivity contribution is 0.310. The fourth-order valence-electron chi connectivity index (χ4n) is 2.56. The van der Waals surface area contributed by atoms with E-state index >= 15 is 0 Å². The molecule has 0 atom stereocenters. The van der Waals surface area contributed by atoms with E-state index in [9.17, 15) is 8.42 Å². The van der Waals surface area contributed by atoms with Crippen molar-refractivity contribution < 1.29 is 12.6 Å². The third-order valence-corrected chi connectivity index (χ3v) is 4.87. The average Bonchev–Trinajstić information content (AvgIpc) is 2.53. The van der Waals surface area contributed by atoms with Crippen molar-refractivity contribution in [1.82, 2.24) is 4.98 Å². The third kappa shape index (κ3) is 4.37. The van der Waals surface area contributed by atoms with E-state index < -0.39 is 10.3 Å². The zero-order valence-electron chi connectivity index (χ0n) is 13.2. The predicted octanol–water partition coefficient (Wildman–Crippen LogP) is 4.35. The van der Waals surface area contributed by atoms with Gasteiger partial charge >= 0.3 is 10.3 Å². The number of aromatic nitrogens is 1. The highest BCUT2D eigenvalue weighted by atomic mass is 79.9. The zero-order chi connectivity index (χ0) is 18.2. The van der Waals surface area contributed by atoms with E-state index in [-0.39, 0.29) is 6.61 Å². The van der Waals surface area contributed by atoms with Gasteiger partial charge in [0.2, 0.25) is 0 Å². The van der Waals surface area contributed by atoms with Gasteiger partial charge < -0.3 is 0 Å². The molecule has 0 saturated heterocycles. The summed E-state index contributed by atoms with van der Waals surface area (Å²) >= 11 is 9.55. The Hall–Kier alpha value is -1.51. The number of pyridine rings is 1. The minimum Gasteiger partial charge on any atom is -0.253 e. The molecule has 130 valence electrons. The van der Waals surface area contributed by atoms with Gasteiger partial charge in [0, 0.05) is 20.4 Å². The van der Waals surface area contributed by atoms with Crippen molar-refractivity contribution in [3.8, 4) is 11.3 Å². The first-order valence-corrected chi connectivity index (χ1v) is 9.90. The van der Waals surface area contributed by atoms with Crippen molar-refractivity contribution >= 4 is 48.7 Å². The normalized spacial score (nSPS) is 11.8. The summed E-state index contributed by atoms with van der Waals surface area (Å²) in [5, 5.41) is 6.23. The Bertz CT molecular complexity index is 1050. The molecule has 25 heavy (non-hydrogen) atoms. The van der Waals surface area contributed by atoms with E-state index in [1.54, 1.807) is 12.1 Å². The number of nitrogens with zero attached hydrogens (tertiary/aromatic N) is 1. The van der Waals surface area contributed by atoms with Gasteiger partial charge in [0.1, 0.15) is 0 Å². The number of aryl methyl sites for hydroxylation is 1. The Labute approximate surface area is 159 Å². The Kier molecular flexibility index (Phi) is 5.13. The van der Waals surface area contributed by atoms with E-state index in [0.717, 1.165) is 26.5 Å². The third-order valence-electron chi connectivity index (χ3n) is 3.67. The van der Waals surface area contributed by atoms with Gasteiger partial charge in [-0.15, -0.1) is 0 Å². The number of nitrogens with two attached hydrogens (primary N) is 1. The minimum atomic E-state index is -4.05. The first-order valence-electron chi connectivity index (χ1n) is 7.26. The summed E-state index contributed by atoms with van der Waals surface area (Å²) in [4.78, 5) is 4.71. The highest BCUT2D eigenvalue weighted by Gasteiger charge is 2.13. The molecule has 2 aromatic carbocycles. The fraction of sp³-hybridized carbons (Fsp3) is 0.118. The van der Waals surface area contributed by atoms with Gasteiger partial charge in [-0.1, -0.05) is 39.7 Å². The molecule has 0 unspecified atom stereocenters. The van der Waals surface area contributed by atoms with E-state index in [2.05, 4.69) is 15.9 Å². The van der Waals surface area contributed by atoms with E-state index in [1.807, 2.05) is 37.3 Å². The highest BCUT2D eigenvalue weighted by molar-refractivity contribution is 9.10. The number of hydrogen-bond acceptors (Lipinski definition) is 4. The van der Waals surface area contributed by atoms with Crippen molar-refractivity contribution in [2.75, 3.05) is 0 Å². The lowest BCUT2D eigenvalue weighted by Crippen LogP contribution is -2.15. The number of rotatable bonds is 4. The smallest absolute Gasteiger partial charge is 0.253 e. The second kappa shape index (κ2) is 7.01. The molecule has 0 aliphatic carbocycles. The van der Waals surface area contributed by atoms with Crippen LogP contribution >= 0.6 is 27.5 Å². The molecule has 0 fully saturated rings. The molecule has 5 nitrogen and oxygen atoms in total. The molecule has 0 saturated carbocycles. The van der Waals surface area contributed by atoms with Gasteiger partial charge in [-0.05, 0) is 48.4 Å². The van der Waals surface area contributed by atoms with Crippen molar-refractivity contribution in [2.45, 2.75) is 13.5 Å². The molecule has 0 aliphatic rings. The molecule has 8 heteroatoms. The van der Waals surface area contributed by atoms with Crippen LogP contribution in [0.2, 0.25) is 5.02 Å². The second-order valence-corrected chi connectivity index (χ2v) is 8.12. The molecule has 0 spiro atoms. The molecule has 0 bridgehead atoms. The zero-order valence-corrected chi connectivity index (χ0v) is 16.3. The molecule has 0 amide bonds. The van der Waals surface area contributed by atoms with E-state index in [0.29, 0.717) is 16.3 Å². The maximum atomic E-state index is 11.2. The summed E-state index contributed by atoms with van der Waals surface area (Å²) in [6.45, 7) is 1.71. The quantitative estimate of drug-likeness (QED) is 0.652. The molecule has 3 rings (SSSR count). The molecule has 1 aromatic heterocycles. The monoisotopic (exact) mass is 440 g/mol. The molecule has 0 aliphatic heterocycles. The van der Waals surface area contributed by atoms with Gasteiger partial charge in [0.15, 0.2) is 0 Å². The van der Waals surface area contributed by atoms with Crippen LogP contribution in [-0.2, 0) is 21.1 Å². The van der Waals surface area contributed by atoms with Crippen LogP contribution in [-0.4, -0.2) is 13.4 Å². The van der Waals surface area contributed by atoms with Crippen LogP contribution in [0.1, 0.15) is 11.1 Å². The summed E-state index contributed by atoms with van der Waals surface area (Å²) in [6.07, 6.45) is 0. The number of fused-ring (bicyclic) bond motifs is 1. The summed E-state index contributed by atoms with van der Waals surface area (Å²) in [5.74, 6) is 0. The van der Waals surface area contributed by atoms with Crippen molar-refractivity contribution in [1.29, 1.82) is 0 Å². The van der Waals surface area contributed by atoms with Crippen LogP contribution in [0.15, 0.2) is 46.9 Å². The number of halogens is 2. The number of benzene rings is 2. The fourth-order valence-corrected chi connectivity index (χ4v) is 3.39. The number of hydrogen-bond donors (Lipinski definition) is 1. The molecular formula is C17H14BrClN2O3S. The SMILES string of the molecule is Cc1cc(Cl)cc2c(COS(N)(=O)=O)cc(-c3ccc(Br)cc3)nc12. The summed E-state index contributed by atoms with van der Waals surface area (Å²) in [5.41, 5.74) is 3.87. The van der Waals surface area contributed by atoms with Crippen LogP contribution in [0, 0.1) is 6.92 Å². The van der Waals surface area contributed by atoms with Crippen LogP contribution in [0.25, 0.3) is 22.2 Å². The van der Waals surface area contributed by atoms with Gasteiger partial charge in [-0.2, -0.15) is 8.42 Å². The van der Waals surface area contributed by atoms with Gasteiger partial charge in [-0.3, -0.25) is 4.18 Å². The van der Waals surface area contributed by atoms with E-state index in [4.69, 9.17) is 25.9 Å². The van der Waals surface area contributed by atoms with Gasteiger partial charge in [0.25, 0.3) is 0 Å². The lowest BCUT2D eigenvalue weighted by Gasteiger charge is -2.12. The van der Waals surface area contributed by atoms with Gasteiger partial charge in [-0.25, -0.2) is 10.1 Å². The molecular weight excluding hydrogens is 428 g/mol. The first-order chi connectivity index (χ1) is 11.7. The Morgan fingerprint density at radius 1 is 1.20 bits per heavy atom. The molecule has 1 heterocycles. The Morgan fingerprint density at radius 3 is 2.52 bits per heavy atom. The molecule has 3 aromatic rings. The van der Waals surface area contributed by atoms with Crippen LogP contribution < -0.4 is 5.14 Å². The van der Waals surface area contributed by atoms with Gasteiger partial charge in [0.05, 0.1) is 17.8 Å². The van der Waals surface area contributed by atoms with Crippen LogP contribution in [0.5, 0.6) is 0 Å². The maximum Gasteiger partial charge on any atom is 0.333 e. The summed E-state index contributed by atoms with van der Waals surface area (Å²) < 4.78 is 28.1. The highest BCUT2D eigenvalue weighted by Crippen LogP contribution is 2.30. The maximum absolute atomic E-state index is 11.2. The topological polar surface area (TPSA) is 82.3 Å². The predicted molar refractivity (Wildman–Crippen MR) is 103 cm³/mol. The van der Waals surface area contributed by atoms with Crippen molar-refractivity contribution in [3.63, 3.8) is 0 Å². The lowest BCUT2D eigenvalue weighted by atomic mass is 10.0. The summed E-state index contributed by atoms with van der Waals surface area (Å²) in [7, 11) is -4.05.